The normalized spacial score (nSPS) is 13.4. The Morgan fingerprint density at radius 1 is 1.19 bits per heavy atom. The van der Waals surface area contributed by atoms with Crippen molar-refractivity contribution in [1.29, 1.82) is 0 Å². The lowest BCUT2D eigenvalue weighted by atomic mass is 10.1. The van der Waals surface area contributed by atoms with Crippen LogP contribution in [0.15, 0.2) is 36.4 Å². The van der Waals surface area contributed by atoms with Crippen molar-refractivity contribution in [2.24, 2.45) is 0 Å². The average molecular weight is 386 g/mol. The van der Waals surface area contributed by atoms with Crippen molar-refractivity contribution >= 4 is 56.0 Å². The van der Waals surface area contributed by atoms with E-state index in [1.807, 2.05) is 13.0 Å². The number of imide groups is 1. The summed E-state index contributed by atoms with van der Waals surface area (Å²) in [7, 11) is 0. The summed E-state index contributed by atoms with van der Waals surface area (Å²) in [5.41, 5.74) is 2.24. The van der Waals surface area contributed by atoms with E-state index >= 15 is 0 Å². The molecule has 130 valence electrons. The summed E-state index contributed by atoms with van der Waals surface area (Å²) in [6.07, 6.45) is 0. The second-order valence-corrected chi connectivity index (χ2v) is 7.32. The van der Waals surface area contributed by atoms with E-state index in [1.165, 1.54) is 11.3 Å². The summed E-state index contributed by atoms with van der Waals surface area (Å²) in [5, 5.41) is 3.64. The molecule has 0 saturated heterocycles. The number of fused-ring (bicyclic) bond motifs is 2. The van der Waals surface area contributed by atoms with E-state index in [-0.39, 0.29) is 6.54 Å². The second kappa shape index (κ2) is 6.19. The molecule has 1 N–H and O–H groups in total. The summed E-state index contributed by atoms with van der Waals surface area (Å²) >= 11 is 7.39. The van der Waals surface area contributed by atoms with Gasteiger partial charge in [-0.15, -0.1) is 0 Å². The number of amides is 3. The van der Waals surface area contributed by atoms with Gasteiger partial charge in [-0.3, -0.25) is 19.3 Å². The minimum absolute atomic E-state index is 0.315. The Morgan fingerprint density at radius 3 is 2.50 bits per heavy atom. The van der Waals surface area contributed by atoms with Gasteiger partial charge < -0.3 is 5.32 Å². The maximum atomic E-state index is 12.3. The third-order valence-electron chi connectivity index (χ3n) is 4.10. The van der Waals surface area contributed by atoms with Crippen LogP contribution in [0, 0.1) is 6.92 Å². The molecule has 26 heavy (non-hydrogen) atoms. The van der Waals surface area contributed by atoms with E-state index in [0.717, 1.165) is 15.2 Å². The van der Waals surface area contributed by atoms with Crippen molar-refractivity contribution in [1.82, 2.24) is 9.88 Å². The van der Waals surface area contributed by atoms with Gasteiger partial charge in [0.15, 0.2) is 5.13 Å². The molecule has 6 nitrogen and oxygen atoms in total. The fourth-order valence-electron chi connectivity index (χ4n) is 2.79. The Morgan fingerprint density at radius 2 is 1.85 bits per heavy atom. The molecule has 0 bridgehead atoms. The first-order valence-corrected chi connectivity index (χ1v) is 8.95. The van der Waals surface area contributed by atoms with Crippen LogP contribution in [0.4, 0.5) is 5.13 Å². The number of aryl methyl sites for hydroxylation is 1. The SMILES string of the molecule is Cc1cc2sc(NC(=O)CN3C(=O)c4ccccc4C3=O)nc2cc1Cl. The van der Waals surface area contributed by atoms with Crippen LogP contribution in [0.5, 0.6) is 0 Å². The molecule has 2 aromatic carbocycles. The summed E-state index contributed by atoms with van der Waals surface area (Å²) in [6.45, 7) is 1.53. The standard InChI is InChI=1S/C18H12ClN3O3S/c1-9-6-14-13(7-12(9)19)20-18(26-14)21-15(23)8-22-16(24)10-4-2-3-5-11(10)17(22)25/h2-7H,8H2,1H3,(H,20,21,23). The van der Waals surface area contributed by atoms with Crippen molar-refractivity contribution in [2.75, 3.05) is 11.9 Å². The van der Waals surface area contributed by atoms with Crippen LogP contribution in [-0.2, 0) is 4.79 Å². The van der Waals surface area contributed by atoms with Crippen molar-refractivity contribution in [3.05, 3.63) is 58.1 Å². The summed E-state index contributed by atoms with van der Waals surface area (Å²) < 4.78 is 0.892. The molecule has 8 heteroatoms. The van der Waals surface area contributed by atoms with E-state index in [4.69, 9.17) is 11.6 Å². The van der Waals surface area contributed by atoms with Crippen LogP contribution in [0.2, 0.25) is 5.02 Å². The zero-order valence-electron chi connectivity index (χ0n) is 13.6. The molecular formula is C18H12ClN3O3S. The fourth-order valence-corrected chi connectivity index (χ4v) is 3.91. The average Bonchev–Trinajstić information content (AvgIpc) is 3.09. The first-order chi connectivity index (χ1) is 12.4. The topological polar surface area (TPSA) is 79.4 Å². The van der Waals surface area contributed by atoms with Crippen LogP contribution in [0.1, 0.15) is 26.3 Å². The molecule has 4 rings (SSSR count). The van der Waals surface area contributed by atoms with Gasteiger partial charge in [0.1, 0.15) is 6.54 Å². The first-order valence-electron chi connectivity index (χ1n) is 7.76. The minimum atomic E-state index is -0.485. The molecule has 0 radical (unpaired) electrons. The maximum Gasteiger partial charge on any atom is 0.262 e. The Hall–Kier alpha value is -2.77. The highest BCUT2D eigenvalue weighted by Gasteiger charge is 2.36. The van der Waals surface area contributed by atoms with Crippen LogP contribution in [0.25, 0.3) is 10.2 Å². The number of hydrogen-bond donors (Lipinski definition) is 1. The number of hydrogen-bond acceptors (Lipinski definition) is 5. The van der Waals surface area contributed by atoms with Gasteiger partial charge in [0.05, 0.1) is 21.3 Å². The molecule has 1 aromatic heterocycles. The lowest BCUT2D eigenvalue weighted by Gasteiger charge is -2.12. The molecule has 0 unspecified atom stereocenters. The second-order valence-electron chi connectivity index (χ2n) is 5.88. The van der Waals surface area contributed by atoms with Crippen molar-refractivity contribution < 1.29 is 14.4 Å². The molecule has 0 aliphatic carbocycles. The summed E-state index contributed by atoms with van der Waals surface area (Å²) in [5.74, 6) is -1.42. The number of thiazole rings is 1. The monoisotopic (exact) mass is 385 g/mol. The van der Waals surface area contributed by atoms with E-state index < -0.39 is 17.7 Å². The highest BCUT2D eigenvalue weighted by molar-refractivity contribution is 7.22. The molecule has 0 atom stereocenters. The summed E-state index contributed by atoms with van der Waals surface area (Å²) in [6, 6.07) is 10.2. The van der Waals surface area contributed by atoms with E-state index in [2.05, 4.69) is 10.3 Å². The number of nitrogens with one attached hydrogen (secondary N) is 1. The van der Waals surface area contributed by atoms with Crippen LogP contribution in [-0.4, -0.2) is 34.2 Å². The van der Waals surface area contributed by atoms with Gasteiger partial charge in [0.2, 0.25) is 5.91 Å². The van der Waals surface area contributed by atoms with Gasteiger partial charge in [-0.25, -0.2) is 4.98 Å². The van der Waals surface area contributed by atoms with Gasteiger partial charge in [-0.1, -0.05) is 35.1 Å². The van der Waals surface area contributed by atoms with Crippen molar-refractivity contribution in [3.8, 4) is 0 Å². The van der Waals surface area contributed by atoms with Crippen LogP contribution >= 0.6 is 22.9 Å². The lowest BCUT2D eigenvalue weighted by Crippen LogP contribution is -2.37. The molecule has 1 aliphatic heterocycles. The predicted molar refractivity (Wildman–Crippen MR) is 99.8 cm³/mol. The smallest absolute Gasteiger partial charge is 0.262 e. The number of anilines is 1. The number of benzene rings is 2. The highest BCUT2D eigenvalue weighted by atomic mass is 35.5. The molecule has 0 spiro atoms. The van der Waals surface area contributed by atoms with Gasteiger partial charge in [-0.05, 0) is 36.8 Å². The molecule has 3 amide bonds. The molecule has 0 fully saturated rings. The third kappa shape index (κ3) is 2.75. The van der Waals surface area contributed by atoms with Gasteiger partial charge >= 0.3 is 0 Å². The number of aromatic nitrogens is 1. The lowest BCUT2D eigenvalue weighted by molar-refractivity contribution is -0.116. The Bertz CT molecular complexity index is 1020. The fraction of sp³-hybridized carbons (Fsp3) is 0.111. The van der Waals surface area contributed by atoms with Gasteiger partial charge in [0.25, 0.3) is 11.8 Å². The van der Waals surface area contributed by atoms with E-state index in [9.17, 15) is 14.4 Å². The van der Waals surface area contributed by atoms with Crippen LogP contribution < -0.4 is 5.32 Å². The van der Waals surface area contributed by atoms with Gasteiger partial charge in [0, 0.05) is 5.02 Å². The minimum Gasteiger partial charge on any atom is -0.300 e. The Kier molecular flexibility index (Phi) is 3.97. The van der Waals surface area contributed by atoms with Crippen molar-refractivity contribution in [3.63, 3.8) is 0 Å². The maximum absolute atomic E-state index is 12.3. The van der Waals surface area contributed by atoms with Crippen molar-refractivity contribution in [2.45, 2.75) is 6.92 Å². The molecule has 1 aliphatic rings. The number of nitrogens with zero attached hydrogens (tertiary/aromatic N) is 2. The molecule has 3 aromatic rings. The number of carbonyl (C=O) groups is 3. The molecule has 2 heterocycles. The van der Waals surface area contributed by atoms with E-state index in [0.29, 0.717) is 26.8 Å². The molecular weight excluding hydrogens is 374 g/mol. The number of carbonyl (C=O) groups excluding carboxylic acids is 3. The predicted octanol–water partition coefficient (Wildman–Crippen LogP) is 3.49. The quantitative estimate of drug-likeness (QED) is 0.700. The Balaban J connectivity index is 1.51. The first kappa shape index (κ1) is 16.7. The number of halogens is 1. The number of rotatable bonds is 3. The molecule has 0 saturated carbocycles. The summed E-state index contributed by atoms with van der Waals surface area (Å²) in [4.78, 5) is 42.2. The zero-order chi connectivity index (χ0) is 18.4. The van der Waals surface area contributed by atoms with Gasteiger partial charge in [-0.2, -0.15) is 0 Å². The Labute approximate surface area is 157 Å². The van der Waals surface area contributed by atoms with Crippen LogP contribution in [0.3, 0.4) is 0 Å². The highest BCUT2D eigenvalue weighted by Crippen LogP contribution is 2.30. The third-order valence-corrected chi connectivity index (χ3v) is 5.44. The largest absolute Gasteiger partial charge is 0.300 e. The van der Waals surface area contributed by atoms with E-state index in [1.54, 1.807) is 30.3 Å². The zero-order valence-corrected chi connectivity index (χ0v) is 15.1.